The van der Waals surface area contributed by atoms with Crippen LogP contribution in [0.5, 0.6) is 11.5 Å². The number of methoxy groups -OCH3 is 2. The van der Waals surface area contributed by atoms with E-state index in [9.17, 15) is 4.79 Å². The molecule has 1 saturated heterocycles. The lowest BCUT2D eigenvalue weighted by atomic mass is 10.1. The molecule has 4 aromatic rings. The van der Waals surface area contributed by atoms with Gasteiger partial charge in [0.05, 0.1) is 25.3 Å². The van der Waals surface area contributed by atoms with E-state index in [0.717, 1.165) is 35.4 Å². The van der Waals surface area contributed by atoms with Crippen molar-refractivity contribution in [3.05, 3.63) is 89.7 Å². The van der Waals surface area contributed by atoms with E-state index in [-0.39, 0.29) is 11.8 Å². The second kappa shape index (κ2) is 9.59. The SMILES string of the molecule is COc1ccc(CCN2CC(c3nc4ccccc4n3Cc3ccccc3)CC2=O)cc1OC. The molecule has 6 heteroatoms. The van der Waals surface area contributed by atoms with E-state index < -0.39 is 0 Å². The van der Waals surface area contributed by atoms with Crippen LogP contribution >= 0.6 is 0 Å². The molecule has 0 bridgehead atoms. The number of ether oxygens (including phenoxy) is 2. The number of amides is 1. The summed E-state index contributed by atoms with van der Waals surface area (Å²) in [6.45, 7) is 2.10. The Bertz CT molecular complexity index is 1300. The second-order valence-electron chi connectivity index (χ2n) is 8.71. The van der Waals surface area contributed by atoms with Crippen LogP contribution in [0.4, 0.5) is 0 Å². The van der Waals surface area contributed by atoms with Crippen LogP contribution in [-0.4, -0.2) is 47.7 Å². The van der Waals surface area contributed by atoms with Crippen molar-refractivity contribution in [3.63, 3.8) is 0 Å². The highest BCUT2D eigenvalue weighted by molar-refractivity contribution is 5.81. The van der Waals surface area contributed by atoms with Crippen molar-refractivity contribution in [2.24, 2.45) is 0 Å². The Morgan fingerprint density at radius 2 is 1.68 bits per heavy atom. The number of likely N-dealkylation sites (tertiary alicyclic amines) is 1. The van der Waals surface area contributed by atoms with Gasteiger partial charge in [-0.05, 0) is 41.8 Å². The second-order valence-corrected chi connectivity index (χ2v) is 8.71. The van der Waals surface area contributed by atoms with Crippen molar-refractivity contribution in [1.82, 2.24) is 14.5 Å². The van der Waals surface area contributed by atoms with Crippen LogP contribution in [0.2, 0.25) is 0 Å². The van der Waals surface area contributed by atoms with Gasteiger partial charge in [0, 0.05) is 32.0 Å². The lowest BCUT2D eigenvalue weighted by Gasteiger charge is -2.18. The third kappa shape index (κ3) is 4.36. The summed E-state index contributed by atoms with van der Waals surface area (Å²) in [6.07, 6.45) is 1.25. The summed E-state index contributed by atoms with van der Waals surface area (Å²) in [5.74, 6) is 2.67. The Balaban J connectivity index is 1.35. The normalized spacial score (nSPS) is 15.8. The van der Waals surface area contributed by atoms with Crippen molar-refractivity contribution < 1.29 is 14.3 Å². The Morgan fingerprint density at radius 1 is 0.912 bits per heavy atom. The summed E-state index contributed by atoms with van der Waals surface area (Å²) >= 11 is 0. The van der Waals surface area contributed by atoms with E-state index in [1.807, 2.05) is 47.4 Å². The van der Waals surface area contributed by atoms with Crippen molar-refractivity contribution >= 4 is 16.9 Å². The molecule has 1 unspecified atom stereocenters. The average molecular weight is 456 g/mol. The van der Waals surface area contributed by atoms with E-state index in [4.69, 9.17) is 14.5 Å². The van der Waals surface area contributed by atoms with Crippen molar-refractivity contribution in [2.75, 3.05) is 27.3 Å². The number of fused-ring (bicyclic) bond motifs is 1. The number of para-hydroxylation sites is 2. The lowest BCUT2D eigenvalue weighted by molar-refractivity contribution is -0.127. The lowest BCUT2D eigenvalue weighted by Crippen LogP contribution is -2.27. The molecule has 0 N–H and O–H groups in total. The van der Waals surface area contributed by atoms with Gasteiger partial charge in [-0.25, -0.2) is 4.98 Å². The van der Waals surface area contributed by atoms with Gasteiger partial charge in [-0.2, -0.15) is 0 Å². The van der Waals surface area contributed by atoms with Gasteiger partial charge < -0.3 is 18.9 Å². The quantitative estimate of drug-likeness (QED) is 0.388. The van der Waals surface area contributed by atoms with Gasteiger partial charge in [-0.15, -0.1) is 0 Å². The smallest absolute Gasteiger partial charge is 0.223 e. The third-order valence-corrected chi connectivity index (χ3v) is 6.57. The standard InChI is InChI=1S/C28H29N3O3/c1-33-25-13-12-20(16-26(25)34-2)14-15-30-19-22(17-27(30)32)28-29-23-10-6-7-11-24(23)31(28)18-21-8-4-3-5-9-21/h3-13,16,22H,14-15,17-19H2,1-2H3. The first-order valence-corrected chi connectivity index (χ1v) is 11.6. The number of nitrogens with zero attached hydrogens (tertiary/aromatic N) is 3. The molecule has 174 valence electrons. The maximum atomic E-state index is 12.9. The monoisotopic (exact) mass is 455 g/mol. The zero-order chi connectivity index (χ0) is 23.5. The Hall–Kier alpha value is -3.80. The minimum absolute atomic E-state index is 0.0778. The molecule has 0 saturated carbocycles. The first-order chi connectivity index (χ1) is 16.7. The molecule has 1 amide bonds. The fraction of sp³-hybridized carbons (Fsp3) is 0.286. The number of hydrogen-bond donors (Lipinski definition) is 0. The Labute approximate surface area is 199 Å². The van der Waals surface area contributed by atoms with Crippen LogP contribution in [0, 0.1) is 0 Å². The van der Waals surface area contributed by atoms with Gasteiger partial charge in [-0.3, -0.25) is 4.79 Å². The zero-order valence-electron chi connectivity index (χ0n) is 19.6. The van der Waals surface area contributed by atoms with Crippen LogP contribution in [0.25, 0.3) is 11.0 Å². The highest BCUT2D eigenvalue weighted by atomic mass is 16.5. The number of benzene rings is 3. The van der Waals surface area contributed by atoms with Gasteiger partial charge in [0.1, 0.15) is 5.82 Å². The maximum Gasteiger partial charge on any atom is 0.223 e. The molecule has 1 aliphatic heterocycles. The first kappa shape index (κ1) is 22.0. The third-order valence-electron chi connectivity index (χ3n) is 6.57. The predicted octanol–water partition coefficient (Wildman–Crippen LogP) is 4.66. The summed E-state index contributed by atoms with van der Waals surface area (Å²) in [6, 6.07) is 24.6. The molecular formula is C28H29N3O3. The molecule has 5 rings (SSSR count). The van der Waals surface area contributed by atoms with Gasteiger partial charge >= 0.3 is 0 Å². The number of aromatic nitrogens is 2. The first-order valence-electron chi connectivity index (χ1n) is 11.6. The highest BCUT2D eigenvalue weighted by Crippen LogP contribution is 2.32. The molecule has 3 aromatic carbocycles. The molecule has 1 fully saturated rings. The molecule has 0 spiro atoms. The van der Waals surface area contributed by atoms with Crippen LogP contribution in [0.1, 0.15) is 29.3 Å². The van der Waals surface area contributed by atoms with Gasteiger partial charge in [0.2, 0.25) is 5.91 Å². The number of carbonyl (C=O) groups excluding carboxylic acids is 1. The highest BCUT2D eigenvalue weighted by Gasteiger charge is 2.33. The molecule has 0 radical (unpaired) electrons. The zero-order valence-corrected chi connectivity index (χ0v) is 19.6. The number of imidazole rings is 1. The molecule has 1 aromatic heterocycles. The summed E-state index contributed by atoms with van der Waals surface area (Å²) in [4.78, 5) is 19.9. The van der Waals surface area contributed by atoms with Crippen molar-refractivity contribution in [3.8, 4) is 11.5 Å². The van der Waals surface area contributed by atoms with Crippen LogP contribution in [-0.2, 0) is 17.8 Å². The molecule has 1 atom stereocenters. The summed E-state index contributed by atoms with van der Waals surface area (Å²) < 4.78 is 13.0. The van der Waals surface area contributed by atoms with E-state index in [2.05, 4.69) is 34.9 Å². The molecule has 0 aliphatic carbocycles. The van der Waals surface area contributed by atoms with Gasteiger partial charge in [0.25, 0.3) is 0 Å². The number of carbonyl (C=O) groups is 1. The minimum atomic E-state index is 0.0778. The largest absolute Gasteiger partial charge is 0.493 e. The van der Waals surface area contributed by atoms with Gasteiger partial charge in [0.15, 0.2) is 11.5 Å². The molecule has 1 aliphatic rings. The fourth-order valence-electron chi connectivity index (χ4n) is 4.80. The number of hydrogen-bond acceptors (Lipinski definition) is 4. The van der Waals surface area contributed by atoms with Crippen molar-refractivity contribution in [2.45, 2.75) is 25.3 Å². The van der Waals surface area contributed by atoms with Gasteiger partial charge in [-0.1, -0.05) is 48.5 Å². The predicted molar refractivity (Wildman–Crippen MR) is 132 cm³/mol. The van der Waals surface area contributed by atoms with Crippen LogP contribution < -0.4 is 9.47 Å². The summed E-state index contributed by atoms with van der Waals surface area (Å²) in [5, 5.41) is 0. The number of rotatable bonds is 8. The van der Waals surface area contributed by atoms with Crippen molar-refractivity contribution in [1.29, 1.82) is 0 Å². The summed E-state index contributed by atoms with van der Waals surface area (Å²) in [7, 11) is 3.27. The Morgan fingerprint density at radius 3 is 2.47 bits per heavy atom. The van der Waals surface area contributed by atoms with E-state index in [0.29, 0.717) is 31.0 Å². The van der Waals surface area contributed by atoms with Crippen LogP contribution in [0.3, 0.4) is 0 Å². The molecule has 2 heterocycles. The van der Waals surface area contributed by atoms with E-state index in [1.165, 1.54) is 5.56 Å². The average Bonchev–Trinajstić information content (AvgIpc) is 3.43. The van der Waals surface area contributed by atoms with E-state index in [1.54, 1.807) is 14.2 Å². The minimum Gasteiger partial charge on any atom is -0.493 e. The van der Waals surface area contributed by atoms with E-state index >= 15 is 0 Å². The fourth-order valence-corrected chi connectivity index (χ4v) is 4.80. The summed E-state index contributed by atoms with van der Waals surface area (Å²) in [5.41, 5.74) is 4.42. The molecule has 34 heavy (non-hydrogen) atoms. The molecule has 6 nitrogen and oxygen atoms in total. The topological polar surface area (TPSA) is 56.6 Å². The Kier molecular flexibility index (Phi) is 6.21. The maximum absolute atomic E-state index is 12.9. The molecular weight excluding hydrogens is 426 g/mol. The van der Waals surface area contributed by atoms with Crippen LogP contribution in [0.15, 0.2) is 72.8 Å².